The maximum atomic E-state index is 5.53. The summed E-state index contributed by atoms with van der Waals surface area (Å²) in [4.78, 5) is 4.41. The first-order chi connectivity index (χ1) is 8.83. The van der Waals surface area contributed by atoms with Crippen LogP contribution in [-0.2, 0) is 6.54 Å². The molecule has 3 aromatic rings. The molecule has 90 valence electrons. The average molecular weight is 238 g/mol. The summed E-state index contributed by atoms with van der Waals surface area (Å²) in [7, 11) is 0. The number of nitrogens with zero attached hydrogens (tertiary/aromatic N) is 1. The molecule has 0 unspecified atom stereocenters. The molecule has 0 bridgehead atoms. The zero-order chi connectivity index (χ0) is 12.4. The number of rotatable bonds is 3. The zero-order valence-electron chi connectivity index (χ0n) is 10.2. The van der Waals surface area contributed by atoms with Crippen molar-refractivity contribution < 1.29 is 4.42 Å². The number of aryl methyl sites for hydroxylation is 1. The number of para-hydroxylation sites is 1. The summed E-state index contributed by atoms with van der Waals surface area (Å²) < 4.78 is 5.53. The van der Waals surface area contributed by atoms with E-state index in [4.69, 9.17) is 4.42 Å². The Labute approximate surface area is 105 Å². The third-order valence-electron chi connectivity index (χ3n) is 2.88. The van der Waals surface area contributed by atoms with Crippen molar-refractivity contribution in [1.29, 1.82) is 0 Å². The number of hydrogen-bond donors (Lipinski definition) is 1. The van der Waals surface area contributed by atoms with E-state index < -0.39 is 0 Å². The summed E-state index contributed by atoms with van der Waals surface area (Å²) >= 11 is 0. The second kappa shape index (κ2) is 4.53. The maximum absolute atomic E-state index is 5.53. The third kappa shape index (κ3) is 2.07. The number of furan rings is 1. The van der Waals surface area contributed by atoms with E-state index in [9.17, 15) is 0 Å². The molecule has 2 heterocycles. The SMILES string of the molecule is Cc1ccc(CNc2cccc3cccnc23)o1. The molecule has 0 aliphatic rings. The number of anilines is 1. The molecule has 18 heavy (non-hydrogen) atoms. The molecule has 0 saturated heterocycles. The van der Waals surface area contributed by atoms with E-state index in [0.717, 1.165) is 28.1 Å². The van der Waals surface area contributed by atoms with Crippen LogP contribution in [0.4, 0.5) is 5.69 Å². The van der Waals surface area contributed by atoms with E-state index in [0.29, 0.717) is 6.54 Å². The van der Waals surface area contributed by atoms with Gasteiger partial charge in [0.1, 0.15) is 11.5 Å². The monoisotopic (exact) mass is 238 g/mol. The van der Waals surface area contributed by atoms with Crippen LogP contribution in [0.15, 0.2) is 53.1 Å². The van der Waals surface area contributed by atoms with E-state index in [1.165, 1.54) is 0 Å². The smallest absolute Gasteiger partial charge is 0.123 e. The largest absolute Gasteiger partial charge is 0.465 e. The molecule has 0 atom stereocenters. The Morgan fingerprint density at radius 3 is 2.83 bits per heavy atom. The number of pyridine rings is 1. The average Bonchev–Trinajstić information content (AvgIpc) is 2.82. The normalized spacial score (nSPS) is 10.7. The van der Waals surface area contributed by atoms with E-state index in [1.54, 1.807) is 0 Å². The van der Waals surface area contributed by atoms with Crippen molar-refractivity contribution in [2.75, 3.05) is 5.32 Å². The Morgan fingerprint density at radius 1 is 1.11 bits per heavy atom. The molecule has 1 aromatic carbocycles. The first kappa shape index (κ1) is 10.8. The summed E-state index contributed by atoms with van der Waals surface area (Å²) in [5.74, 6) is 1.86. The summed E-state index contributed by atoms with van der Waals surface area (Å²) in [5.41, 5.74) is 2.02. The van der Waals surface area contributed by atoms with Crippen molar-refractivity contribution in [3.63, 3.8) is 0 Å². The van der Waals surface area contributed by atoms with E-state index in [-0.39, 0.29) is 0 Å². The van der Waals surface area contributed by atoms with Crippen molar-refractivity contribution in [2.45, 2.75) is 13.5 Å². The van der Waals surface area contributed by atoms with E-state index in [2.05, 4.69) is 22.4 Å². The molecule has 0 saturated carbocycles. The molecule has 3 heteroatoms. The van der Waals surface area contributed by atoms with Gasteiger partial charge < -0.3 is 9.73 Å². The van der Waals surface area contributed by atoms with Gasteiger partial charge >= 0.3 is 0 Å². The second-order valence-corrected chi connectivity index (χ2v) is 4.25. The van der Waals surface area contributed by atoms with Crippen molar-refractivity contribution >= 4 is 16.6 Å². The molecule has 3 nitrogen and oxygen atoms in total. The van der Waals surface area contributed by atoms with Gasteiger partial charge in [0.25, 0.3) is 0 Å². The van der Waals surface area contributed by atoms with Gasteiger partial charge in [0, 0.05) is 11.6 Å². The summed E-state index contributed by atoms with van der Waals surface area (Å²) in [6.45, 7) is 2.62. The maximum Gasteiger partial charge on any atom is 0.123 e. The lowest BCUT2D eigenvalue weighted by Crippen LogP contribution is -1.99. The zero-order valence-corrected chi connectivity index (χ0v) is 10.2. The molecule has 0 aliphatic carbocycles. The van der Waals surface area contributed by atoms with Crippen LogP contribution >= 0.6 is 0 Å². The van der Waals surface area contributed by atoms with Gasteiger partial charge in [-0.05, 0) is 31.2 Å². The molecule has 0 radical (unpaired) electrons. The summed E-state index contributed by atoms with van der Waals surface area (Å²) in [6, 6.07) is 14.1. The van der Waals surface area contributed by atoms with Crippen LogP contribution in [0.2, 0.25) is 0 Å². The number of fused-ring (bicyclic) bond motifs is 1. The summed E-state index contributed by atoms with van der Waals surface area (Å²) in [6.07, 6.45) is 1.81. The first-order valence-electron chi connectivity index (χ1n) is 5.96. The number of benzene rings is 1. The fraction of sp³-hybridized carbons (Fsp3) is 0.133. The van der Waals surface area contributed by atoms with Gasteiger partial charge in [0.2, 0.25) is 0 Å². The van der Waals surface area contributed by atoms with Crippen LogP contribution in [0.1, 0.15) is 11.5 Å². The van der Waals surface area contributed by atoms with Gasteiger partial charge in [-0.15, -0.1) is 0 Å². The van der Waals surface area contributed by atoms with Crippen molar-refractivity contribution in [3.05, 3.63) is 60.2 Å². The van der Waals surface area contributed by atoms with Crippen LogP contribution < -0.4 is 5.32 Å². The fourth-order valence-corrected chi connectivity index (χ4v) is 2.01. The van der Waals surface area contributed by atoms with Crippen LogP contribution in [-0.4, -0.2) is 4.98 Å². The molecular weight excluding hydrogens is 224 g/mol. The van der Waals surface area contributed by atoms with Gasteiger partial charge in [-0.3, -0.25) is 4.98 Å². The predicted molar refractivity (Wildman–Crippen MR) is 72.5 cm³/mol. The molecule has 3 rings (SSSR count). The van der Waals surface area contributed by atoms with Gasteiger partial charge in [0.15, 0.2) is 0 Å². The van der Waals surface area contributed by atoms with Gasteiger partial charge in [-0.2, -0.15) is 0 Å². The topological polar surface area (TPSA) is 38.1 Å². The molecule has 0 spiro atoms. The molecule has 0 amide bonds. The summed E-state index contributed by atoms with van der Waals surface area (Å²) in [5, 5.41) is 4.50. The van der Waals surface area contributed by atoms with E-state index >= 15 is 0 Å². The Balaban J connectivity index is 1.86. The Hall–Kier alpha value is -2.29. The number of nitrogens with one attached hydrogen (secondary N) is 1. The Morgan fingerprint density at radius 2 is 2.00 bits per heavy atom. The Kier molecular flexibility index (Phi) is 2.73. The lowest BCUT2D eigenvalue weighted by atomic mass is 10.2. The van der Waals surface area contributed by atoms with Crippen LogP contribution in [0, 0.1) is 6.92 Å². The molecule has 0 fully saturated rings. The molecule has 1 N–H and O–H groups in total. The Bertz CT molecular complexity index is 668. The number of aromatic nitrogens is 1. The fourth-order valence-electron chi connectivity index (χ4n) is 2.01. The van der Waals surface area contributed by atoms with Gasteiger partial charge in [-0.1, -0.05) is 18.2 Å². The van der Waals surface area contributed by atoms with Crippen molar-refractivity contribution in [1.82, 2.24) is 4.98 Å². The highest BCUT2D eigenvalue weighted by Gasteiger charge is 2.02. The highest BCUT2D eigenvalue weighted by molar-refractivity contribution is 5.90. The van der Waals surface area contributed by atoms with Crippen molar-refractivity contribution in [3.8, 4) is 0 Å². The molecule has 2 aromatic heterocycles. The van der Waals surface area contributed by atoms with Gasteiger partial charge in [-0.25, -0.2) is 0 Å². The standard InChI is InChI=1S/C15H14N2O/c1-11-7-8-13(18-11)10-17-14-6-2-4-12-5-3-9-16-15(12)14/h2-9,17H,10H2,1H3. The third-order valence-corrected chi connectivity index (χ3v) is 2.88. The van der Waals surface area contributed by atoms with Crippen molar-refractivity contribution in [2.24, 2.45) is 0 Å². The highest BCUT2D eigenvalue weighted by Crippen LogP contribution is 2.21. The van der Waals surface area contributed by atoms with Gasteiger partial charge in [0.05, 0.1) is 17.7 Å². The van der Waals surface area contributed by atoms with Crippen LogP contribution in [0.3, 0.4) is 0 Å². The van der Waals surface area contributed by atoms with E-state index in [1.807, 2.05) is 43.5 Å². The lowest BCUT2D eigenvalue weighted by molar-refractivity contribution is 0.490. The second-order valence-electron chi connectivity index (χ2n) is 4.25. The quantitative estimate of drug-likeness (QED) is 0.755. The van der Waals surface area contributed by atoms with Crippen LogP contribution in [0.5, 0.6) is 0 Å². The lowest BCUT2D eigenvalue weighted by Gasteiger charge is -2.07. The minimum atomic E-state index is 0.670. The minimum Gasteiger partial charge on any atom is -0.465 e. The minimum absolute atomic E-state index is 0.670. The number of hydrogen-bond acceptors (Lipinski definition) is 3. The molecule has 0 aliphatic heterocycles. The predicted octanol–water partition coefficient (Wildman–Crippen LogP) is 3.75. The van der Waals surface area contributed by atoms with Crippen LogP contribution in [0.25, 0.3) is 10.9 Å². The first-order valence-corrected chi connectivity index (χ1v) is 5.96. The highest BCUT2D eigenvalue weighted by atomic mass is 16.3. The molecular formula is C15H14N2O.